The molecule has 128 valence electrons. The summed E-state index contributed by atoms with van der Waals surface area (Å²) in [4.78, 5) is 12.6. The van der Waals surface area contributed by atoms with Crippen LogP contribution in [0.1, 0.15) is 35.2 Å². The van der Waals surface area contributed by atoms with Gasteiger partial charge in [0.25, 0.3) is 0 Å². The van der Waals surface area contributed by atoms with Gasteiger partial charge in [0.2, 0.25) is 5.91 Å². The lowest BCUT2D eigenvalue weighted by Crippen LogP contribution is -2.28. The van der Waals surface area contributed by atoms with E-state index in [4.69, 9.17) is 0 Å². The summed E-state index contributed by atoms with van der Waals surface area (Å²) in [6.45, 7) is 5.89. The fraction of sp³-hybridized carbons (Fsp3) is 0.316. The summed E-state index contributed by atoms with van der Waals surface area (Å²) in [6.07, 6.45) is 1.51. The fourth-order valence-electron chi connectivity index (χ4n) is 2.54. The van der Waals surface area contributed by atoms with Crippen molar-refractivity contribution in [2.75, 3.05) is 6.26 Å². The van der Waals surface area contributed by atoms with Gasteiger partial charge in [0.1, 0.15) is 0 Å². The average Bonchev–Trinajstić information content (AvgIpc) is 2.50. The normalized spacial score (nSPS) is 12.7. The zero-order valence-electron chi connectivity index (χ0n) is 14.5. The number of carbonyl (C=O) groups excluding carboxylic acids is 1. The first-order chi connectivity index (χ1) is 11.2. The molecule has 0 aliphatic rings. The Hall–Kier alpha value is -2.14. The summed E-state index contributed by atoms with van der Waals surface area (Å²) in [6, 6.07) is 12.5. The van der Waals surface area contributed by atoms with E-state index in [1.807, 2.05) is 39.0 Å². The number of rotatable bonds is 5. The average molecular weight is 345 g/mol. The SMILES string of the molecule is Cc1ccc(C)c(CC(=O)NC(C)c2ccc(S(C)(=O)=O)cc2)c1. The predicted molar refractivity (Wildman–Crippen MR) is 95.7 cm³/mol. The lowest BCUT2D eigenvalue weighted by Gasteiger charge is -2.15. The van der Waals surface area contributed by atoms with E-state index in [1.54, 1.807) is 24.3 Å². The maximum atomic E-state index is 12.3. The first kappa shape index (κ1) is 18.2. The van der Waals surface area contributed by atoms with Gasteiger partial charge in [0.15, 0.2) is 9.84 Å². The smallest absolute Gasteiger partial charge is 0.224 e. The molecule has 0 aliphatic carbocycles. The monoisotopic (exact) mass is 345 g/mol. The summed E-state index contributed by atoms with van der Waals surface area (Å²) >= 11 is 0. The van der Waals surface area contributed by atoms with Gasteiger partial charge in [-0.25, -0.2) is 8.42 Å². The van der Waals surface area contributed by atoms with Gasteiger partial charge in [-0.15, -0.1) is 0 Å². The second-order valence-corrected chi connectivity index (χ2v) is 8.25. The largest absolute Gasteiger partial charge is 0.349 e. The zero-order chi connectivity index (χ0) is 17.9. The first-order valence-corrected chi connectivity index (χ1v) is 9.71. The number of hydrogen-bond acceptors (Lipinski definition) is 3. The van der Waals surface area contributed by atoms with Crippen molar-refractivity contribution < 1.29 is 13.2 Å². The number of sulfone groups is 1. The van der Waals surface area contributed by atoms with Crippen molar-refractivity contribution >= 4 is 15.7 Å². The Morgan fingerprint density at radius 2 is 1.71 bits per heavy atom. The molecule has 0 fully saturated rings. The van der Waals surface area contributed by atoms with Crippen LogP contribution in [0.15, 0.2) is 47.4 Å². The molecule has 4 nitrogen and oxygen atoms in total. The Bertz CT molecular complexity index is 839. The minimum absolute atomic E-state index is 0.0524. The third-order valence-electron chi connectivity index (χ3n) is 4.04. The summed E-state index contributed by atoms with van der Waals surface area (Å²) in [5.74, 6) is -0.0524. The van der Waals surface area contributed by atoms with Crippen molar-refractivity contribution in [1.29, 1.82) is 0 Å². The molecule has 0 heterocycles. The molecule has 24 heavy (non-hydrogen) atoms. The molecule has 2 aromatic carbocycles. The van der Waals surface area contributed by atoms with Gasteiger partial charge in [0, 0.05) is 6.26 Å². The highest BCUT2D eigenvalue weighted by Crippen LogP contribution is 2.17. The summed E-state index contributed by atoms with van der Waals surface area (Å²) in [7, 11) is -3.21. The molecule has 2 rings (SSSR count). The van der Waals surface area contributed by atoms with Crippen LogP contribution in [0, 0.1) is 13.8 Å². The Morgan fingerprint density at radius 1 is 1.08 bits per heavy atom. The van der Waals surface area contributed by atoms with Crippen LogP contribution in [-0.4, -0.2) is 20.6 Å². The van der Waals surface area contributed by atoms with Gasteiger partial charge in [-0.1, -0.05) is 35.9 Å². The van der Waals surface area contributed by atoms with Crippen molar-refractivity contribution in [3.8, 4) is 0 Å². The van der Waals surface area contributed by atoms with Crippen LogP contribution >= 0.6 is 0 Å². The summed E-state index contributed by atoms with van der Waals surface area (Å²) in [5, 5.41) is 2.96. The molecule has 5 heteroatoms. The Balaban J connectivity index is 2.05. The molecule has 0 radical (unpaired) electrons. The van der Waals surface area contributed by atoms with Crippen LogP contribution in [0.4, 0.5) is 0 Å². The lowest BCUT2D eigenvalue weighted by molar-refractivity contribution is -0.121. The van der Waals surface area contributed by atoms with E-state index in [-0.39, 0.29) is 16.8 Å². The molecule has 1 atom stereocenters. The van der Waals surface area contributed by atoms with Crippen molar-refractivity contribution in [1.82, 2.24) is 5.32 Å². The molecule has 0 bridgehead atoms. The van der Waals surface area contributed by atoms with E-state index in [9.17, 15) is 13.2 Å². The van der Waals surface area contributed by atoms with Gasteiger partial charge in [0.05, 0.1) is 17.4 Å². The highest BCUT2D eigenvalue weighted by molar-refractivity contribution is 7.90. The second kappa shape index (κ2) is 7.18. The first-order valence-electron chi connectivity index (χ1n) is 7.82. The number of amides is 1. The van der Waals surface area contributed by atoms with E-state index in [0.717, 1.165) is 22.3 Å². The second-order valence-electron chi connectivity index (χ2n) is 6.24. The van der Waals surface area contributed by atoms with E-state index in [1.165, 1.54) is 6.26 Å². The van der Waals surface area contributed by atoms with E-state index in [0.29, 0.717) is 6.42 Å². The van der Waals surface area contributed by atoms with Crippen molar-refractivity contribution in [2.24, 2.45) is 0 Å². The standard InChI is InChI=1S/C19H23NO3S/c1-13-5-6-14(2)17(11-13)12-19(21)20-15(3)16-7-9-18(10-8-16)24(4,22)23/h5-11,15H,12H2,1-4H3,(H,20,21). The van der Waals surface area contributed by atoms with Crippen LogP contribution in [0.3, 0.4) is 0 Å². The van der Waals surface area contributed by atoms with Crippen molar-refractivity contribution in [3.63, 3.8) is 0 Å². The highest BCUT2D eigenvalue weighted by Gasteiger charge is 2.13. The highest BCUT2D eigenvalue weighted by atomic mass is 32.2. The maximum Gasteiger partial charge on any atom is 0.224 e. The number of carbonyl (C=O) groups is 1. The lowest BCUT2D eigenvalue weighted by atomic mass is 10.0. The maximum absolute atomic E-state index is 12.3. The summed E-state index contributed by atoms with van der Waals surface area (Å²) in [5.41, 5.74) is 4.12. The quantitative estimate of drug-likeness (QED) is 0.905. The third kappa shape index (κ3) is 4.68. The van der Waals surface area contributed by atoms with Crippen LogP contribution in [0.5, 0.6) is 0 Å². The number of aryl methyl sites for hydroxylation is 2. The van der Waals surface area contributed by atoms with Crippen molar-refractivity contribution in [3.05, 3.63) is 64.7 Å². The molecular weight excluding hydrogens is 322 g/mol. The van der Waals surface area contributed by atoms with E-state index >= 15 is 0 Å². The number of benzene rings is 2. The topological polar surface area (TPSA) is 63.2 Å². The fourth-order valence-corrected chi connectivity index (χ4v) is 3.17. The Kier molecular flexibility index (Phi) is 5.44. The minimum atomic E-state index is -3.21. The molecular formula is C19H23NO3S. The molecule has 1 unspecified atom stereocenters. The van der Waals surface area contributed by atoms with Gasteiger partial charge >= 0.3 is 0 Å². The van der Waals surface area contributed by atoms with Gasteiger partial charge < -0.3 is 5.32 Å². The van der Waals surface area contributed by atoms with Crippen LogP contribution < -0.4 is 5.32 Å². The number of hydrogen-bond donors (Lipinski definition) is 1. The van der Waals surface area contributed by atoms with Gasteiger partial charge in [-0.2, -0.15) is 0 Å². The molecule has 0 aliphatic heterocycles. The minimum Gasteiger partial charge on any atom is -0.349 e. The molecule has 0 spiro atoms. The summed E-state index contributed by atoms with van der Waals surface area (Å²) < 4.78 is 23.0. The zero-order valence-corrected chi connectivity index (χ0v) is 15.3. The van der Waals surface area contributed by atoms with E-state index in [2.05, 4.69) is 5.32 Å². The molecule has 1 amide bonds. The molecule has 2 aromatic rings. The van der Waals surface area contributed by atoms with Crippen LogP contribution in [0.2, 0.25) is 0 Å². The Morgan fingerprint density at radius 3 is 2.29 bits per heavy atom. The molecule has 1 N–H and O–H groups in total. The molecule has 0 aromatic heterocycles. The Labute approximate surface area is 143 Å². The van der Waals surface area contributed by atoms with Gasteiger partial charge in [-0.3, -0.25) is 4.79 Å². The number of nitrogens with one attached hydrogen (secondary N) is 1. The van der Waals surface area contributed by atoms with E-state index < -0.39 is 9.84 Å². The van der Waals surface area contributed by atoms with Gasteiger partial charge in [-0.05, 0) is 49.6 Å². The third-order valence-corrected chi connectivity index (χ3v) is 5.17. The van der Waals surface area contributed by atoms with Crippen molar-refractivity contribution in [2.45, 2.75) is 38.1 Å². The molecule has 0 saturated carbocycles. The molecule has 0 saturated heterocycles. The predicted octanol–water partition coefficient (Wildman–Crippen LogP) is 3.13. The van der Waals surface area contributed by atoms with Crippen LogP contribution in [-0.2, 0) is 21.1 Å². The van der Waals surface area contributed by atoms with Crippen LogP contribution in [0.25, 0.3) is 0 Å².